The van der Waals surface area contributed by atoms with Crippen LogP contribution in [0.2, 0.25) is 0 Å². The summed E-state index contributed by atoms with van der Waals surface area (Å²) in [4.78, 5) is 25.1. The van der Waals surface area contributed by atoms with Gasteiger partial charge in [-0.1, -0.05) is 18.2 Å². The van der Waals surface area contributed by atoms with E-state index < -0.39 is 12.0 Å². The highest BCUT2D eigenvalue weighted by Crippen LogP contribution is 2.26. The summed E-state index contributed by atoms with van der Waals surface area (Å²) in [5.41, 5.74) is 0.955. The Balaban J connectivity index is 1.80. The van der Waals surface area contributed by atoms with Crippen LogP contribution in [-0.4, -0.2) is 47.7 Å². The maximum absolute atomic E-state index is 12.4. The van der Waals surface area contributed by atoms with E-state index in [4.69, 9.17) is 4.74 Å². The lowest BCUT2D eigenvalue weighted by atomic mass is 10.1. The maximum Gasteiger partial charge on any atom is 0.328 e. The van der Waals surface area contributed by atoms with E-state index in [1.807, 2.05) is 29.6 Å². The molecule has 0 radical (unpaired) electrons. The van der Waals surface area contributed by atoms with Crippen molar-refractivity contribution in [3.05, 3.63) is 35.2 Å². The van der Waals surface area contributed by atoms with E-state index in [0.717, 1.165) is 15.6 Å². The van der Waals surface area contributed by atoms with Crippen molar-refractivity contribution in [2.24, 2.45) is 0 Å². The monoisotopic (exact) mass is 305 g/mol. The van der Waals surface area contributed by atoms with Crippen LogP contribution in [0.25, 0.3) is 10.1 Å². The Labute approximate surface area is 125 Å². The van der Waals surface area contributed by atoms with Crippen LogP contribution in [0.5, 0.6) is 0 Å². The number of aliphatic carboxylic acids is 1. The summed E-state index contributed by atoms with van der Waals surface area (Å²) < 4.78 is 6.29. The second-order valence-corrected chi connectivity index (χ2v) is 5.86. The van der Waals surface area contributed by atoms with Gasteiger partial charge in [-0.3, -0.25) is 4.79 Å². The zero-order valence-electron chi connectivity index (χ0n) is 11.3. The molecule has 0 spiro atoms. The molecule has 2 aromatic rings. The molecule has 0 unspecified atom stereocenters. The summed E-state index contributed by atoms with van der Waals surface area (Å²) in [7, 11) is 0. The molecule has 1 aliphatic heterocycles. The molecule has 3 rings (SSSR count). The Bertz CT molecular complexity index is 681. The molecule has 2 heterocycles. The first kappa shape index (κ1) is 14.0. The number of ether oxygens (including phenoxy) is 1. The molecule has 0 saturated carbocycles. The molecule has 1 N–H and O–H groups in total. The van der Waals surface area contributed by atoms with Crippen molar-refractivity contribution in [1.82, 2.24) is 4.90 Å². The van der Waals surface area contributed by atoms with Gasteiger partial charge < -0.3 is 14.7 Å². The number of hydrogen-bond acceptors (Lipinski definition) is 4. The molecule has 21 heavy (non-hydrogen) atoms. The molecule has 1 aromatic carbocycles. The minimum absolute atomic E-state index is 0.0610. The summed E-state index contributed by atoms with van der Waals surface area (Å²) in [6.45, 7) is 0.781. The molecule has 6 heteroatoms. The quantitative estimate of drug-likeness (QED) is 0.938. The first-order valence-electron chi connectivity index (χ1n) is 6.72. The number of benzene rings is 1. The fourth-order valence-corrected chi connectivity index (χ4v) is 3.50. The molecule has 1 aromatic heterocycles. The first-order chi connectivity index (χ1) is 10.2. The van der Waals surface area contributed by atoms with Crippen LogP contribution in [0.15, 0.2) is 29.6 Å². The Hall–Kier alpha value is -1.92. The molecular weight excluding hydrogens is 290 g/mol. The van der Waals surface area contributed by atoms with Gasteiger partial charge in [0.15, 0.2) is 6.04 Å². The first-order valence-corrected chi connectivity index (χ1v) is 7.60. The SMILES string of the molecule is O=C(O)[C@H]1COCCN1C(=O)Cc1csc2ccccc12. The second kappa shape index (κ2) is 5.83. The van der Waals surface area contributed by atoms with Crippen LogP contribution in [0, 0.1) is 0 Å². The summed E-state index contributed by atoms with van der Waals surface area (Å²) in [6, 6.07) is 7.03. The molecular formula is C15H15NO4S. The van der Waals surface area contributed by atoms with Crippen LogP contribution in [0.3, 0.4) is 0 Å². The Morgan fingerprint density at radius 2 is 2.19 bits per heavy atom. The fourth-order valence-electron chi connectivity index (χ4n) is 2.54. The number of morpholine rings is 1. The average molecular weight is 305 g/mol. The number of carboxylic acids is 1. The molecule has 1 fully saturated rings. The van der Waals surface area contributed by atoms with Gasteiger partial charge in [0.1, 0.15) is 0 Å². The van der Waals surface area contributed by atoms with Gasteiger partial charge in [0.05, 0.1) is 19.6 Å². The lowest BCUT2D eigenvalue weighted by Crippen LogP contribution is -2.53. The van der Waals surface area contributed by atoms with E-state index in [2.05, 4.69) is 0 Å². The van der Waals surface area contributed by atoms with Gasteiger partial charge in [0.25, 0.3) is 0 Å². The van der Waals surface area contributed by atoms with Gasteiger partial charge in [-0.2, -0.15) is 0 Å². The number of carbonyl (C=O) groups is 2. The van der Waals surface area contributed by atoms with Crippen molar-refractivity contribution in [1.29, 1.82) is 0 Å². The third kappa shape index (κ3) is 2.77. The molecule has 5 nitrogen and oxygen atoms in total. The predicted molar refractivity (Wildman–Crippen MR) is 79.5 cm³/mol. The van der Waals surface area contributed by atoms with Gasteiger partial charge in [-0.25, -0.2) is 4.79 Å². The van der Waals surface area contributed by atoms with Gasteiger partial charge in [0, 0.05) is 11.2 Å². The zero-order valence-corrected chi connectivity index (χ0v) is 12.1. The Morgan fingerprint density at radius 3 is 3.00 bits per heavy atom. The maximum atomic E-state index is 12.4. The third-order valence-electron chi connectivity index (χ3n) is 3.64. The number of carbonyl (C=O) groups excluding carboxylic acids is 1. The number of fused-ring (bicyclic) bond motifs is 1. The topological polar surface area (TPSA) is 66.8 Å². The summed E-state index contributed by atoms with van der Waals surface area (Å²) in [5, 5.41) is 12.2. The van der Waals surface area contributed by atoms with Crippen molar-refractivity contribution in [2.75, 3.05) is 19.8 Å². The van der Waals surface area contributed by atoms with E-state index in [-0.39, 0.29) is 18.9 Å². The van der Waals surface area contributed by atoms with Crippen LogP contribution in [0.1, 0.15) is 5.56 Å². The lowest BCUT2D eigenvalue weighted by Gasteiger charge is -2.32. The van der Waals surface area contributed by atoms with Gasteiger partial charge in [-0.05, 0) is 22.4 Å². The van der Waals surface area contributed by atoms with Crippen LogP contribution >= 0.6 is 11.3 Å². The third-order valence-corrected chi connectivity index (χ3v) is 4.65. The molecule has 1 aliphatic rings. The van der Waals surface area contributed by atoms with E-state index in [1.54, 1.807) is 11.3 Å². The highest BCUT2D eigenvalue weighted by atomic mass is 32.1. The van der Waals surface area contributed by atoms with Crippen molar-refractivity contribution < 1.29 is 19.4 Å². The number of rotatable bonds is 3. The van der Waals surface area contributed by atoms with Gasteiger partial charge in [-0.15, -0.1) is 11.3 Å². The van der Waals surface area contributed by atoms with Crippen molar-refractivity contribution in [3.8, 4) is 0 Å². The molecule has 0 aliphatic carbocycles. The second-order valence-electron chi connectivity index (χ2n) is 4.95. The normalized spacial score (nSPS) is 18.9. The van der Waals surface area contributed by atoms with E-state index in [0.29, 0.717) is 13.2 Å². The average Bonchev–Trinajstić information content (AvgIpc) is 2.90. The van der Waals surface area contributed by atoms with Crippen molar-refractivity contribution in [2.45, 2.75) is 12.5 Å². The van der Waals surface area contributed by atoms with E-state index >= 15 is 0 Å². The van der Waals surface area contributed by atoms with Crippen LogP contribution < -0.4 is 0 Å². The summed E-state index contributed by atoms with van der Waals surface area (Å²) in [6.07, 6.45) is 0.230. The van der Waals surface area contributed by atoms with Crippen molar-refractivity contribution in [3.63, 3.8) is 0 Å². The minimum Gasteiger partial charge on any atom is -0.480 e. The fraction of sp³-hybridized carbons (Fsp3) is 0.333. The lowest BCUT2D eigenvalue weighted by molar-refractivity contribution is -0.157. The predicted octanol–water partition coefficient (Wildman–Crippen LogP) is 1.76. The number of carboxylic acid groups (broad SMARTS) is 1. The summed E-state index contributed by atoms with van der Waals surface area (Å²) >= 11 is 1.60. The molecule has 0 bridgehead atoms. The van der Waals surface area contributed by atoms with Crippen LogP contribution in [-0.2, 0) is 20.7 Å². The minimum atomic E-state index is -1.02. The van der Waals surface area contributed by atoms with Gasteiger partial charge in [0.2, 0.25) is 5.91 Å². The van der Waals surface area contributed by atoms with Gasteiger partial charge >= 0.3 is 5.97 Å². The highest BCUT2D eigenvalue weighted by molar-refractivity contribution is 7.17. The molecule has 1 amide bonds. The highest BCUT2D eigenvalue weighted by Gasteiger charge is 2.32. The summed E-state index contributed by atoms with van der Waals surface area (Å²) in [5.74, 6) is -1.17. The largest absolute Gasteiger partial charge is 0.480 e. The smallest absolute Gasteiger partial charge is 0.328 e. The standard InChI is InChI=1S/C15H15NO4S/c17-14(16-5-6-20-8-12(16)15(18)19)7-10-9-21-13-4-2-1-3-11(10)13/h1-4,9,12H,5-8H2,(H,18,19)/t12-/m1/s1. The molecule has 1 atom stereocenters. The number of amides is 1. The van der Waals surface area contributed by atoms with E-state index in [9.17, 15) is 14.7 Å². The molecule has 1 saturated heterocycles. The Kier molecular flexibility index (Phi) is 3.90. The number of thiophene rings is 1. The Morgan fingerprint density at radius 1 is 1.38 bits per heavy atom. The number of hydrogen-bond donors (Lipinski definition) is 1. The zero-order chi connectivity index (χ0) is 14.8. The number of nitrogens with zero attached hydrogens (tertiary/aromatic N) is 1. The van der Waals surface area contributed by atoms with Crippen LogP contribution in [0.4, 0.5) is 0 Å². The van der Waals surface area contributed by atoms with E-state index in [1.165, 1.54) is 4.90 Å². The van der Waals surface area contributed by atoms with Crippen molar-refractivity contribution >= 4 is 33.3 Å². The molecule has 110 valence electrons.